The van der Waals surface area contributed by atoms with Crippen molar-refractivity contribution < 1.29 is 8.42 Å². The van der Waals surface area contributed by atoms with Crippen molar-refractivity contribution in [3.63, 3.8) is 0 Å². The summed E-state index contributed by atoms with van der Waals surface area (Å²) < 4.78 is 30.0. The Bertz CT molecular complexity index is 1280. The Balaban J connectivity index is 1.60. The highest BCUT2D eigenvalue weighted by Gasteiger charge is 2.21. The summed E-state index contributed by atoms with van der Waals surface area (Å²) >= 11 is 1.56. The molecule has 0 fully saturated rings. The Morgan fingerprint density at radius 1 is 1.00 bits per heavy atom. The van der Waals surface area contributed by atoms with E-state index in [1.54, 1.807) is 35.1 Å². The summed E-state index contributed by atoms with van der Waals surface area (Å²) in [6.45, 7) is 3.96. The molecule has 2 aromatic heterocycles. The van der Waals surface area contributed by atoms with Gasteiger partial charge in [-0.25, -0.2) is 9.97 Å². The van der Waals surface area contributed by atoms with Crippen LogP contribution < -0.4 is 4.72 Å². The molecule has 0 bridgehead atoms. The molecule has 0 aliphatic heterocycles. The van der Waals surface area contributed by atoms with E-state index in [4.69, 9.17) is 4.98 Å². The van der Waals surface area contributed by atoms with Crippen LogP contribution in [0, 0.1) is 0 Å². The number of hydrogen-bond acceptors (Lipinski definition) is 5. The van der Waals surface area contributed by atoms with Crippen molar-refractivity contribution in [2.45, 2.75) is 24.8 Å². The Hall–Kier alpha value is -2.97. The van der Waals surface area contributed by atoms with Gasteiger partial charge < -0.3 is 4.57 Å². The number of nitrogens with one attached hydrogen (secondary N) is 1. The zero-order chi connectivity index (χ0) is 21.3. The molecule has 154 valence electrons. The number of anilines is 1. The molecule has 2 aromatic carbocycles. The molecule has 4 rings (SSSR count). The average Bonchev–Trinajstić information content (AvgIpc) is 3.36. The Morgan fingerprint density at radius 2 is 1.73 bits per heavy atom. The minimum atomic E-state index is -3.78. The number of aromatic nitrogens is 3. The lowest BCUT2D eigenvalue weighted by molar-refractivity contribution is 0.597. The molecular weight excluding hydrogens is 416 g/mol. The van der Waals surface area contributed by atoms with Gasteiger partial charge in [-0.2, -0.15) is 8.42 Å². The SMILES string of the molecule is CC(C)c1nc(S(=O)(=O)Nc2cccc(-c3csc(-c4ccccc4)n3)c2)cn1C. The molecule has 0 amide bonds. The molecule has 0 saturated carbocycles. The second kappa shape index (κ2) is 8.04. The number of rotatable bonds is 6. The maximum absolute atomic E-state index is 12.8. The lowest BCUT2D eigenvalue weighted by Gasteiger charge is -2.07. The van der Waals surface area contributed by atoms with Crippen molar-refractivity contribution in [3.05, 3.63) is 72.0 Å². The molecule has 0 unspecified atom stereocenters. The van der Waals surface area contributed by atoms with Crippen molar-refractivity contribution in [1.82, 2.24) is 14.5 Å². The molecule has 1 N–H and O–H groups in total. The predicted octanol–water partition coefficient (Wildman–Crippen LogP) is 5.13. The largest absolute Gasteiger partial charge is 0.336 e. The van der Waals surface area contributed by atoms with Crippen molar-refractivity contribution in [3.8, 4) is 21.8 Å². The third-order valence-corrected chi connectivity index (χ3v) is 6.76. The predicted molar refractivity (Wildman–Crippen MR) is 121 cm³/mol. The van der Waals surface area contributed by atoms with Gasteiger partial charge in [-0.1, -0.05) is 56.3 Å². The third-order valence-electron chi connectivity index (χ3n) is 4.62. The summed E-state index contributed by atoms with van der Waals surface area (Å²) in [5, 5.41) is 2.91. The maximum atomic E-state index is 12.8. The van der Waals surface area contributed by atoms with Crippen molar-refractivity contribution >= 4 is 27.0 Å². The lowest BCUT2D eigenvalue weighted by Crippen LogP contribution is -2.13. The van der Waals surface area contributed by atoms with Gasteiger partial charge in [0.15, 0.2) is 5.03 Å². The van der Waals surface area contributed by atoms with Crippen LogP contribution in [-0.4, -0.2) is 23.0 Å². The standard InChI is InChI=1S/C22H22N4O2S2/c1-15(2)21-24-20(13-26(21)3)30(27,28)25-18-11-7-10-17(12-18)19-14-29-22(23-19)16-8-5-4-6-9-16/h4-15,25H,1-3H3. The fourth-order valence-electron chi connectivity index (χ4n) is 3.19. The molecule has 8 heteroatoms. The first-order valence-corrected chi connectivity index (χ1v) is 11.9. The van der Waals surface area contributed by atoms with Gasteiger partial charge in [-0.3, -0.25) is 4.72 Å². The van der Waals surface area contributed by atoms with E-state index in [0.29, 0.717) is 5.69 Å². The van der Waals surface area contributed by atoms with Crippen LogP contribution in [0.1, 0.15) is 25.6 Å². The van der Waals surface area contributed by atoms with E-state index in [1.165, 1.54) is 6.20 Å². The molecule has 0 radical (unpaired) electrons. The first-order chi connectivity index (χ1) is 14.3. The van der Waals surface area contributed by atoms with Gasteiger partial charge in [-0.05, 0) is 12.1 Å². The fraction of sp³-hybridized carbons (Fsp3) is 0.182. The topological polar surface area (TPSA) is 76.9 Å². The zero-order valence-electron chi connectivity index (χ0n) is 16.9. The number of imidazole rings is 1. The molecule has 0 aliphatic carbocycles. The Labute approximate surface area is 180 Å². The number of nitrogens with zero attached hydrogens (tertiary/aromatic N) is 3. The highest BCUT2D eigenvalue weighted by Crippen LogP contribution is 2.30. The van der Waals surface area contributed by atoms with Gasteiger partial charge in [0.1, 0.15) is 10.8 Å². The van der Waals surface area contributed by atoms with Gasteiger partial charge in [0.2, 0.25) is 0 Å². The molecule has 2 heterocycles. The molecule has 0 saturated heterocycles. The normalized spacial score (nSPS) is 11.7. The highest BCUT2D eigenvalue weighted by molar-refractivity contribution is 7.92. The second-order valence-corrected chi connectivity index (χ2v) is 9.78. The number of sulfonamides is 1. The Morgan fingerprint density at radius 3 is 2.43 bits per heavy atom. The number of aryl methyl sites for hydroxylation is 1. The van der Waals surface area contributed by atoms with E-state index in [1.807, 2.05) is 61.7 Å². The van der Waals surface area contributed by atoms with Crippen LogP contribution in [0.5, 0.6) is 0 Å². The molecule has 30 heavy (non-hydrogen) atoms. The highest BCUT2D eigenvalue weighted by atomic mass is 32.2. The lowest BCUT2D eigenvalue weighted by atomic mass is 10.1. The number of benzene rings is 2. The third kappa shape index (κ3) is 4.15. The van der Waals surface area contributed by atoms with E-state index in [2.05, 4.69) is 9.71 Å². The molecule has 0 aliphatic rings. The smallest absolute Gasteiger partial charge is 0.280 e. The molecule has 0 atom stereocenters. The summed E-state index contributed by atoms with van der Waals surface area (Å²) in [5.41, 5.74) is 3.18. The van der Waals surface area contributed by atoms with E-state index in [-0.39, 0.29) is 10.9 Å². The van der Waals surface area contributed by atoms with E-state index in [9.17, 15) is 8.42 Å². The molecule has 6 nitrogen and oxygen atoms in total. The molecule has 4 aromatic rings. The summed E-state index contributed by atoms with van der Waals surface area (Å²) in [4.78, 5) is 9.00. The molecular formula is C22H22N4O2S2. The first-order valence-electron chi connectivity index (χ1n) is 9.51. The van der Waals surface area contributed by atoms with Gasteiger partial charge in [0, 0.05) is 41.4 Å². The number of hydrogen-bond donors (Lipinski definition) is 1. The van der Waals surface area contributed by atoms with Crippen LogP contribution in [0.4, 0.5) is 5.69 Å². The second-order valence-electron chi connectivity index (χ2n) is 7.29. The van der Waals surface area contributed by atoms with Crippen molar-refractivity contribution in [1.29, 1.82) is 0 Å². The summed E-state index contributed by atoms with van der Waals surface area (Å²) in [6, 6.07) is 17.2. The number of thiazole rings is 1. The van der Waals surface area contributed by atoms with Gasteiger partial charge in [0.25, 0.3) is 10.0 Å². The quantitative estimate of drug-likeness (QED) is 0.452. The van der Waals surface area contributed by atoms with Gasteiger partial charge in [0.05, 0.1) is 5.69 Å². The minimum absolute atomic E-state index is 0.0131. The maximum Gasteiger partial charge on any atom is 0.280 e. The Kier molecular flexibility index (Phi) is 5.44. The zero-order valence-corrected chi connectivity index (χ0v) is 18.5. The average molecular weight is 439 g/mol. The van der Waals surface area contributed by atoms with Crippen LogP contribution in [0.2, 0.25) is 0 Å². The van der Waals surface area contributed by atoms with Crippen molar-refractivity contribution in [2.24, 2.45) is 7.05 Å². The van der Waals surface area contributed by atoms with Crippen LogP contribution in [0.25, 0.3) is 21.8 Å². The molecule has 0 spiro atoms. The van der Waals surface area contributed by atoms with Gasteiger partial charge >= 0.3 is 0 Å². The minimum Gasteiger partial charge on any atom is -0.336 e. The van der Waals surface area contributed by atoms with Crippen LogP contribution in [0.15, 0.2) is 71.2 Å². The van der Waals surface area contributed by atoms with E-state index < -0.39 is 10.0 Å². The summed E-state index contributed by atoms with van der Waals surface area (Å²) in [5.74, 6) is 0.853. The van der Waals surface area contributed by atoms with E-state index >= 15 is 0 Å². The first kappa shape index (κ1) is 20.3. The van der Waals surface area contributed by atoms with Crippen LogP contribution in [0.3, 0.4) is 0 Å². The van der Waals surface area contributed by atoms with E-state index in [0.717, 1.165) is 27.7 Å². The summed E-state index contributed by atoms with van der Waals surface area (Å²) in [7, 11) is -1.98. The summed E-state index contributed by atoms with van der Waals surface area (Å²) in [6.07, 6.45) is 1.54. The van der Waals surface area contributed by atoms with Crippen molar-refractivity contribution in [2.75, 3.05) is 4.72 Å². The van der Waals surface area contributed by atoms with Crippen LogP contribution >= 0.6 is 11.3 Å². The monoisotopic (exact) mass is 438 g/mol. The van der Waals surface area contributed by atoms with Crippen LogP contribution in [-0.2, 0) is 17.1 Å². The van der Waals surface area contributed by atoms with Gasteiger partial charge in [-0.15, -0.1) is 11.3 Å². The fourth-order valence-corrected chi connectivity index (χ4v) is 5.08.